The fourth-order valence-electron chi connectivity index (χ4n) is 4.97. The lowest BCUT2D eigenvalue weighted by molar-refractivity contribution is 0.447. The number of hydrogen-bond donors (Lipinski definition) is 4. The van der Waals surface area contributed by atoms with Crippen LogP contribution in [0.1, 0.15) is 29.7 Å². The van der Waals surface area contributed by atoms with E-state index in [9.17, 15) is 13.2 Å². The molecule has 2 aromatic carbocycles. The number of allylic oxidation sites excluding steroid dienone is 3. The Balaban J connectivity index is 1.87. The second-order valence-corrected chi connectivity index (χ2v) is 9.77. The van der Waals surface area contributed by atoms with E-state index in [1.807, 2.05) is 25.1 Å². The monoisotopic (exact) mass is 534 g/mol. The quantitative estimate of drug-likeness (QED) is 0.164. The number of nitrogens with one attached hydrogen (secondary N) is 3. The summed E-state index contributed by atoms with van der Waals surface area (Å²) in [7, 11) is 0. The molecular formula is C30H29F3N4S. The standard InChI is InChI=1S/C30H29F3N4S/c1-19-7-9-35-28(11-19)20(2)30(16-21-12-25(32)15-26(33)13-21)17-22(18-34)29(14-23(30)8-10-36-38)37-27-5-3-24(31)4-6-27/h3-7,9,11-15,18,34,36-38H,2,8,10,16-17H2,1H3. The van der Waals surface area contributed by atoms with Crippen molar-refractivity contribution < 1.29 is 13.2 Å². The normalized spacial score (nSPS) is 17.2. The zero-order valence-corrected chi connectivity index (χ0v) is 21.9. The van der Waals surface area contributed by atoms with Crippen LogP contribution in [0.5, 0.6) is 0 Å². The highest BCUT2D eigenvalue weighted by Crippen LogP contribution is 2.51. The summed E-state index contributed by atoms with van der Waals surface area (Å²) in [6.07, 6.45) is 6.07. The lowest BCUT2D eigenvalue weighted by Crippen LogP contribution is -2.34. The Morgan fingerprint density at radius 3 is 2.42 bits per heavy atom. The maximum Gasteiger partial charge on any atom is 0.126 e. The van der Waals surface area contributed by atoms with E-state index in [0.717, 1.165) is 17.2 Å². The molecule has 38 heavy (non-hydrogen) atoms. The molecule has 196 valence electrons. The third kappa shape index (κ3) is 6.09. The Bertz CT molecular complexity index is 1400. The minimum atomic E-state index is -0.827. The van der Waals surface area contributed by atoms with Crippen LogP contribution in [0, 0.1) is 35.2 Å². The van der Waals surface area contributed by atoms with Crippen LogP contribution in [0.25, 0.3) is 5.57 Å². The molecule has 1 atom stereocenters. The first-order chi connectivity index (χ1) is 18.2. The number of pyridine rings is 1. The summed E-state index contributed by atoms with van der Waals surface area (Å²) in [6, 6.07) is 13.3. The molecule has 8 heteroatoms. The molecule has 0 aliphatic heterocycles. The van der Waals surface area contributed by atoms with E-state index in [-0.39, 0.29) is 12.2 Å². The summed E-state index contributed by atoms with van der Waals surface area (Å²) >= 11 is 4.18. The van der Waals surface area contributed by atoms with Gasteiger partial charge in [-0.15, -0.1) is 0 Å². The second-order valence-electron chi connectivity index (χ2n) is 9.45. The number of rotatable bonds is 10. The molecule has 1 heterocycles. The first-order valence-electron chi connectivity index (χ1n) is 12.2. The highest BCUT2D eigenvalue weighted by molar-refractivity contribution is 7.78. The van der Waals surface area contributed by atoms with Crippen molar-refractivity contribution in [3.63, 3.8) is 0 Å². The van der Waals surface area contributed by atoms with Gasteiger partial charge in [-0.2, -0.15) is 0 Å². The number of hydrogen-bond acceptors (Lipinski definition) is 5. The van der Waals surface area contributed by atoms with E-state index < -0.39 is 17.0 Å². The molecule has 1 aromatic heterocycles. The molecule has 0 radical (unpaired) electrons. The Hall–Kier alpha value is -3.62. The van der Waals surface area contributed by atoms with Crippen LogP contribution in [0.3, 0.4) is 0 Å². The summed E-state index contributed by atoms with van der Waals surface area (Å²) in [5.41, 5.74) is 4.97. The maximum atomic E-state index is 14.3. The number of nitrogens with zero attached hydrogens (tertiary/aromatic N) is 1. The fraction of sp³-hybridized carbons (Fsp3) is 0.200. The highest BCUT2D eigenvalue weighted by atomic mass is 32.1. The summed E-state index contributed by atoms with van der Waals surface area (Å²) < 4.78 is 44.9. The van der Waals surface area contributed by atoms with Crippen molar-refractivity contribution in [1.82, 2.24) is 9.71 Å². The van der Waals surface area contributed by atoms with Gasteiger partial charge in [0, 0.05) is 41.8 Å². The van der Waals surface area contributed by atoms with E-state index >= 15 is 0 Å². The highest BCUT2D eigenvalue weighted by Gasteiger charge is 2.42. The molecule has 0 amide bonds. The zero-order valence-electron chi connectivity index (χ0n) is 21.0. The SMILES string of the molecule is C=C(c1cc(C)ccn1)C1(Cc2cc(F)cc(F)c2)CC(C=N)=C(Nc2ccc(F)cc2)C=C1CCNS. The maximum absolute atomic E-state index is 14.3. The van der Waals surface area contributed by atoms with Crippen LogP contribution < -0.4 is 10.0 Å². The van der Waals surface area contributed by atoms with Gasteiger partial charge in [0.2, 0.25) is 0 Å². The molecule has 0 bridgehead atoms. The van der Waals surface area contributed by atoms with Crippen molar-refractivity contribution >= 4 is 30.3 Å². The summed E-state index contributed by atoms with van der Waals surface area (Å²) in [6.45, 7) is 6.94. The van der Waals surface area contributed by atoms with E-state index in [1.54, 1.807) is 18.3 Å². The Labute approximate surface area is 226 Å². The molecule has 3 aromatic rings. The van der Waals surface area contributed by atoms with Crippen molar-refractivity contribution in [1.29, 1.82) is 5.41 Å². The summed E-state index contributed by atoms with van der Waals surface area (Å²) in [5, 5.41) is 11.5. The average Bonchev–Trinajstić information content (AvgIpc) is 2.88. The van der Waals surface area contributed by atoms with Crippen molar-refractivity contribution in [2.75, 3.05) is 11.9 Å². The molecular weight excluding hydrogens is 505 g/mol. The van der Waals surface area contributed by atoms with Gasteiger partial charge in [-0.1, -0.05) is 25.0 Å². The predicted octanol–water partition coefficient (Wildman–Crippen LogP) is 7.22. The molecule has 1 unspecified atom stereocenters. The van der Waals surface area contributed by atoms with Gasteiger partial charge < -0.3 is 10.7 Å². The summed E-state index contributed by atoms with van der Waals surface area (Å²) in [4.78, 5) is 4.57. The van der Waals surface area contributed by atoms with Gasteiger partial charge in [-0.25, -0.2) is 13.2 Å². The minimum Gasteiger partial charge on any atom is -0.355 e. The van der Waals surface area contributed by atoms with E-state index in [4.69, 9.17) is 5.41 Å². The van der Waals surface area contributed by atoms with Crippen molar-refractivity contribution in [3.05, 3.63) is 125 Å². The molecule has 1 aliphatic carbocycles. The molecule has 0 fully saturated rings. The van der Waals surface area contributed by atoms with Crippen LogP contribution in [-0.4, -0.2) is 17.7 Å². The molecule has 4 rings (SSSR count). The Morgan fingerprint density at radius 2 is 1.79 bits per heavy atom. The summed E-state index contributed by atoms with van der Waals surface area (Å²) in [5.74, 6) is -1.66. The molecule has 0 saturated carbocycles. The predicted molar refractivity (Wildman–Crippen MR) is 151 cm³/mol. The molecule has 3 N–H and O–H groups in total. The lowest BCUT2D eigenvalue weighted by Gasteiger charge is -2.42. The second kappa shape index (κ2) is 11.8. The van der Waals surface area contributed by atoms with Crippen LogP contribution in [-0.2, 0) is 6.42 Å². The van der Waals surface area contributed by atoms with Gasteiger partial charge in [0.05, 0.1) is 5.69 Å². The molecule has 4 nitrogen and oxygen atoms in total. The third-order valence-electron chi connectivity index (χ3n) is 6.81. The first-order valence-corrected chi connectivity index (χ1v) is 12.6. The third-order valence-corrected chi connectivity index (χ3v) is 7.03. The van der Waals surface area contributed by atoms with Crippen LogP contribution in [0.4, 0.5) is 18.9 Å². The average molecular weight is 535 g/mol. The number of aryl methyl sites for hydroxylation is 1. The van der Waals surface area contributed by atoms with Crippen molar-refractivity contribution in [2.45, 2.75) is 26.2 Å². The smallest absolute Gasteiger partial charge is 0.126 e. The van der Waals surface area contributed by atoms with Crippen LogP contribution in [0.2, 0.25) is 0 Å². The van der Waals surface area contributed by atoms with Gasteiger partial charge >= 0.3 is 0 Å². The van der Waals surface area contributed by atoms with E-state index in [0.29, 0.717) is 53.2 Å². The van der Waals surface area contributed by atoms with Gasteiger partial charge in [-0.3, -0.25) is 9.71 Å². The van der Waals surface area contributed by atoms with Gasteiger partial charge in [0.1, 0.15) is 17.5 Å². The molecule has 0 saturated heterocycles. The Morgan fingerprint density at radius 1 is 1.08 bits per heavy atom. The van der Waals surface area contributed by atoms with Crippen LogP contribution >= 0.6 is 12.8 Å². The van der Waals surface area contributed by atoms with Gasteiger partial charge in [0.15, 0.2) is 0 Å². The largest absolute Gasteiger partial charge is 0.355 e. The first kappa shape index (κ1) is 27.4. The zero-order chi connectivity index (χ0) is 27.3. The minimum absolute atomic E-state index is 0.246. The van der Waals surface area contributed by atoms with Crippen LogP contribution in [0.15, 0.2) is 90.3 Å². The number of anilines is 1. The number of halogens is 3. The van der Waals surface area contributed by atoms with Gasteiger partial charge in [0.25, 0.3) is 0 Å². The van der Waals surface area contributed by atoms with Gasteiger partial charge in [-0.05, 0) is 103 Å². The topological polar surface area (TPSA) is 60.8 Å². The number of thiol groups is 1. The number of aromatic nitrogens is 1. The number of benzene rings is 2. The van der Waals surface area contributed by atoms with Crippen molar-refractivity contribution in [3.8, 4) is 0 Å². The Kier molecular flexibility index (Phi) is 8.54. The van der Waals surface area contributed by atoms with E-state index in [1.165, 1.54) is 30.5 Å². The molecule has 0 spiro atoms. The van der Waals surface area contributed by atoms with E-state index in [2.05, 4.69) is 34.4 Å². The van der Waals surface area contributed by atoms with Crippen molar-refractivity contribution in [2.24, 2.45) is 5.41 Å². The fourth-order valence-corrected chi connectivity index (χ4v) is 5.08. The molecule has 1 aliphatic rings. The lowest BCUT2D eigenvalue weighted by atomic mass is 9.62.